The number of carbonyl (C=O) groups is 2. The first kappa shape index (κ1) is 16.7. The summed E-state index contributed by atoms with van der Waals surface area (Å²) < 4.78 is 2.10. The fraction of sp³-hybridized carbons (Fsp3) is 0.278. The van der Waals surface area contributed by atoms with Crippen LogP contribution in [-0.4, -0.2) is 17.0 Å². The summed E-state index contributed by atoms with van der Waals surface area (Å²) in [5.41, 5.74) is 1.41. The van der Waals surface area contributed by atoms with Crippen LogP contribution in [0, 0.1) is 0 Å². The minimum Gasteiger partial charge on any atom is -0.481 e. The van der Waals surface area contributed by atoms with Crippen LogP contribution in [0.4, 0.5) is 5.69 Å². The van der Waals surface area contributed by atoms with Gasteiger partial charge in [-0.05, 0) is 24.1 Å². The van der Waals surface area contributed by atoms with Gasteiger partial charge in [-0.1, -0.05) is 18.2 Å². The van der Waals surface area contributed by atoms with Crippen LogP contribution >= 0.6 is 0 Å². The number of hydrogen-bond donors (Lipinski definition) is 2. The van der Waals surface area contributed by atoms with Gasteiger partial charge in [0.2, 0.25) is 5.91 Å². The Morgan fingerprint density at radius 2 is 1.70 bits per heavy atom. The lowest BCUT2D eigenvalue weighted by molar-refractivity contribution is -0.697. The van der Waals surface area contributed by atoms with Gasteiger partial charge in [-0.25, -0.2) is 4.57 Å². The Morgan fingerprint density at radius 1 is 1.00 bits per heavy atom. The molecule has 120 valence electrons. The van der Waals surface area contributed by atoms with Gasteiger partial charge in [-0.2, -0.15) is 0 Å². The minimum absolute atomic E-state index is 0.00855. The molecule has 0 saturated heterocycles. The molecule has 0 saturated carbocycles. The SMILES string of the molecule is O=C(O)Cc1ccc(NC(=O)CCCC[n+]2ccccc2)cc1. The molecule has 0 aliphatic heterocycles. The maximum Gasteiger partial charge on any atom is 0.307 e. The van der Waals surface area contributed by atoms with Crippen molar-refractivity contribution in [3.8, 4) is 0 Å². The average molecular weight is 313 g/mol. The quantitative estimate of drug-likeness (QED) is 0.581. The second-order valence-corrected chi connectivity index (χ2v) is 5.39. The van der Waals surface area contributed by atoms with E-state index in [4.69, 9.17) is 5.11 Å². The van der Waals surface area contributed by atoms with Crippen molar-refractivity contribution in [3.05, 3.63) is 60.4 Å². The molecule has 0 radical (unpaired) electrons. The van der Waals surface area contributed by atoms with E-state index in [1.54, 1.807) is 24.3 Å². The summed E-state index contributed by atoms with van der Waals surface area (Å²) in [5.74, 6) is -0.882. The molecule has 5 heteroatoms. The molecule has 1 heterocycles. The summed E-state index contributed by atoms with van der Waals surface area (Å²) in [6.45, 7) is 0.901. The summed E-state index contributed by atoms with van der Waals surface area (Å²) in [6, 6.07) is 12.9. The van der Waals surface area contributed by atoms with Crippen LogP contribution in [0.1, 0.15) is 24.8 Å². The third kappa shape index (κ3) is 6.30. The van der Waals surface area contributed by atoms with Crippen molar-refractivity contribution >= 4 is 17.6 Å². The first-order valence-corrected chi connectivity index (χ1v) is 7.68. The lowest BCUT2D eigenvalue weighted by Crippen LogP contribution is -2.32. The maximum absolute atomic E-state index is 11.9. The first-order valence-electron chi connectivity index (χ1n) is 7.68. The lowest BCUT2D eigenvalue weighted by atomic mass is 10.1. The average Bonchev–Trinajstić information content (AvgIpc) is 2.54. The Balaban J connectivity index is 1.69. The van der Waals surface area contributed by atoms with Crippen molar-refractivity contribution in [2.45, 2.75) is 32.2 Å². The summed E-state index contributed by atoms with van der Waals surface area (Å²) in [6.07, 6.45) is 6.26. The molecule has 0 fully saturated rings. The minimum atomic E-state index is -0.863. The number of carbonyl (C=O) groups excluding carboxylic acids is 1. The number of nitrogens with one attached hydrogen (secondary N) is 1. The van der Waals surface area contributed by atoms with Crippen molar-refractivity contribution in [2.75, 3.05) is 5.32 Å². The van der Waals surface area contributed by atoms with E-state index in [-0.39, 0.29) is 12.3 Å². The first-order chi connectivity index (χ1) is 11.1. The molecule has 23 heavy (non-hydrogen) atoms. The van der Waals surface area contributed by atoms with Crippen LogP contribution in [-0.2, 0) is 22.6 Å². The Kier molecular flexibility index (Phi) is 6.29. The van der Waals surface area contributed by atoms with Crippen molar-refractivity contribution < 1.29 is 19.3 Å². The van der Waals surface area contributed by atoms with Gasteiger partial charge >= 0.3 is 5.97 Å². The van der Waals surface area contributed by atoms with Gasteiger partial charge in [0.05, 0.1) is 6.42 Å². The molecule has 0 unspecified atom stereocenters. The molecule has 0 aliphatic carbocycles. The molecule has 2 aromatic rings. The Bertz CT molecular complexity index is 639. The van der Waals surface area contributed by atoms with E-state index in [9.17, 15) is 9.59 Å². The summed E-state index contributed by atoms with van der Waals surface area (Å²) in [5, 5.41) is 11.5. The van der Waals surface area contributed by atoms with Crippen molar-refractivity contribution in [1.82, 2.24) is 0 Å². The fourth-order valence-electron chi connectivity index (χ4n) is 2.27. The Morgan fingerprint density at radius 3 is 2.35 bits per heavy atom. The predicted octanol–water partition coefficient (Wildman–Crippen LogP) is 2.41. The molecule has 1 aromatic carbocycles. The normalized spacial score (nSPS) is 10.3. The van der Waals surface area contributed by atoms with E-state index < -0.39 is 5.97 Å². The molecule has 1 aromatic heterocycles. The lowest BCUT2D eigenvalue weighted by Gasteiger charge is -2.05. The number of carboxylic acid groups (broad SMARTS) is 1. The van der Waals surface area contributed by atoms with Gasteiger partial charge in [0, 0.05) is 30.7 Å². The van der Waals surface area contributed by atoms with Crippen LogP contribution in [0.2, 0.25) is 0 Å². The molecule has 0 atom stereocenters. The highest BCUT2D eigenvalue weighted by atomic mass is 16.4. The van der Waals surface area contributed by atoms with Crippen LogP contribution in [0.25, 0.3) is 0 Å². The zero-order valence-electron chi connectivity index (χ0n) is 12.9. The second kappa shape index (κ2) is 8.68. The number of carboxylic acids is 1. The van der Waals surface area contributed by atoms with E-state index in [2.05, 4.69) is 9.88 Å². The molecule has 0 spiro atoms. The van der Waals surface area contributed by atoms with Crippen molar-refractivity contribution in [3.63, 3.8) is 0 Å². The number of benzene rings is 1. The topological polar surface area (TPSA) is 70.3 Å². The molecule has 2 N–H and O–H groups in total. The molecule has 1 amide bonds. The predicted molar refractivity (Wildman–Crippen MR) is 86.9 cm³/mol. The van der Waals surface area contributed by atoms with Crippen molar-refractivity contribution in [2.24, 2.45) is 0 Å². The highest BCUT2D eigenvalue weighted by Gasteiger charge is 2.05. The smallest absolute Gasteiger partial charge is 0.307 e. The zero-order chi connectivity index (χ0) is 16.5. The van der Waals surface area contributed by atoms with Gasteiger partial charge in [0.25, 0.3) is 0 Å². The number of nitrogens with zero attached hydrogens (tertiary/aromatic N) is 1. The van der Waals surface area contributed by atoms with E-state index in [1.165, 1.54) is 0 Å². The van der Waals surface area contributed by atoms with Crippen molar-refractivity contribution in [1.29, 1.82) is 0 Å². The van der Waals surface area contributed by atoms with Gasteiger partial charge in [-0.15, -0.1) is 0 Å². The molecular weight excluding hydrogens is 292 g/mol. The zero-order valence-corrected chi connectivity index (χ0v) is 12.9. The number of pyridine rings is 1. The number of rotatable bonds is 8. The number of unbranched alkanes of at least 4 members (excludes halogenated alkanes) is 1. The number of hydrogen-bond acceptors (Lipinski definition) is 2. The molecule has 5 nitrogen and oxygen atoms in total. The summed E-state index contributed by atoms with van der Waals surface area (Å²) in [4.78, 5) is 22.5. The van der Waals surface area contributed by atoms with Crippen LogP contribution in [0.3, 0.4) is 0 Å². The van der Waals surface area contributed by atoms with E-state index in [0.717, 1.165) is 24.9 Å². The number of anilines is 1. The third-order valence-corrected chi connectivity index (χ3v) is 3.44. The van der Waals surface area contributed by atoms with Gasteiger partial charge < -0.3 is 10.4 Å². The monoisotopic (exact) mass is 313 g/mol. The third-order valence-electron chi connectivity index (χ3n) is 3.44. The highest BCUT2D eigenvalue weighted by molar-refractivity contribution is 5.90. The van der Waals surface area contributed by atoms with Gasteiger partial charge in [0.15, 0.2) is 12.4 Å². The molecular formula is C18H21N2O3+. The Labute approximate surface area is 135 Å². The fourth-order valence-corrected chi connectivity index (χ4v) is 2.27. The van der Waals surface area contributed by atoms with Crippen LogP contribution in [0.5, 0.6) is 0 Å². The summed E-state index contributed by atoms with van der Waals surface area (Å²) >= 11 is 0. The molecule has 2 rings (SSSR count). The number of aryl methyl sites for hydroxylation is 1. The Hall–Kier alpha value is -2.69. The van der Waals surface area contributed by atoms with Gasteiger partial charge in [-0.3, -0.25) is 9.59 Å². The number of aromatic nitrogens is 1. The molecule has 0 aliphatic rings. The van der Waals surface area contributed by atoms with Gasteiger partial charge in [0.1, 0.15) is 6.54 Å². The molecule has 0 bridgehead atoms. The highest BCUT2D eigenvalue weighted by Crippen LogP contribution is 2.11. The number of amides is 1. The van der Waals surface area contributed by atoms with Crippen LogP contribution < -0.4 is 9.88 Å². The number of aliphatic carboxylic acids is 1. The largest absolute Gasteiger partial charge is 0.481 e. The van der Waals surface area contributed by atoms with E-state index in [1.807, 2.05) is 30.6 Å². The van der Waals surface area contributed by atoms with E-state index >= 15 is 0 Å². The van der Waals surface area contributed by atoms with Crippen LogP contribution in [0.15, 0.2) is 54.9 Å². The second-order valence-electron chi connectivity index (χ2n) is 5.39. The maximum atomic E-state index is 11.9. The van der Waals surface area contributed by atoms with E-state index in [0.29, 0.717) is 12.1 Å². The standard InChI is InChI=1S/C18H20N2O3/c21-17(6-2-5-13-20-11-3-1-4-12-20)19-16-9-7-15(8-10-16)14-18(22)23/h1,3-4,7-12H,2,5-6,13-14H2,(H-,19,21,22,23)/p+1. The summed E-state index contributed by atoms with van der Waals surface area (Å²) in [7, 11) is 0.